The Kier molecular flexibility index (Phi) is 6.09. The number of carbonyl (C=O) groups is 2. The Balaban J connectivity index is 1.61. The van der Waals surface area contributed by atoms with E-state index in [0.717, 1.165) is 23.6 Å². The largest absolute Gasteiger partial charge is 0.420 e. The number of rotatable bonds is 4. The van der Waals surface area contributed by atoms with Gasteiger partial charge >= 0.3 is 5.97 Å². The summed E-state index contributed by atoms with van der Waals surface area (Å²) in [5.74, 6) is -1.75. The molecule has 33 heavy (non-hydrogen) atoms. The van der Waals surface area contributed by atoms with E-state index >= 15 is 0 Å². The van der Waals surface area contributed by atoms with Crippen molar-refractivity contribution < 1.29 is 23.1 Å². The van der Waals surface area contributed by atoms with Crippen molar-refractivity contribution in [1.29, 1.82) is 0 Å². The molecule has 3 heterocycles. The highest BCUT2D eigenvalue weighted by atomic mass is 35.5. The Bertz CT molecular complexity index is 1420. The summed E-state index contributed by atoms with van der Waals surface area (Å²) in [6, 6.07) is 6.45. The molecule has 0 unspecified atom stereocenters. The van der Waals surface area contributed by atoms with Crippen LogP contribution >= 0.6 is 22.9 Å². The maximum absolute atomic E-state index is 13.5. The number of fused-ring (bicyclic) bond motifs is 1. The van der Waals surface area contributed by atoms with Crippen molar-refractivity contribution in [3.05, 3.63) is 80.6 Å². The fourth-order valence-corrected chi connectivity index (χ4v) is 4.62. The average Bonchev–Trinajstić information content (AvgIpc) is 3.10. The van der Waals surface area contributed by atoms with E-state index in [2.05, 4.69) is 15.3 Å². The highest BCUT2D eigenvalue weighted by Crippen LogP contribution is 2.37. The lowest BCUT2D eigenvalue weighted by molar-refractivity contribution is 0.0725. The van der Waals surface area contributed by atoms with Gasteiger partial charge in [-0.25, -0.2) is 23.5 Å². The standard InChI is InChI=1S/C23H16ClF2N3O3S/c1-10-11(2)21(28-12(3)19(10)32-23(31)16-7-5-14(26)9-27-16)29-22(30)20-18(24)15-6-4-13(25)8-17(15)33-20/h4-9H,1-3H3,(H,28,29,30). The van der Waals surface area contributed by atoms with Gasteiger partial charge in [-0.2, -0.15) is 0 Å². The van der Waals surface area contributed by atoms with Crippen LogP contribution in [0.3, 0.4) is 0 Å². The highest BCUT2D eigenvalue weighted by Gasteiger charge is 2.22. The molecule has 1 N–H and O–H groups in total. The van der Waals surface area contributed by atoms with Crippen LogP contribution in [0.25, 0.3) is 10.1 Å². The topological polar surface area (TPSA) is 81.2 Å². The maximum atomic E-state index is 13.5. The number of benzene rings is 1. The van der Waals surface area contributed by atoms with Gasteiger partial charge in [-0.05, 0) is 56.7 Å². The number of halogens is 3. The van der Waals surface area contributed by atoms with Crippen molar-refractivity contribution >= 4 is 50.7 Å². The molecule has 0 atom stereocenters. The van der Waals surface area contributed by atoms with E-state index in [-0.39, 0.29) is 27.2 Å². The molecule has 0 saturated carbocycles. The molecule has 3 aromatic heterocycles. The first-order chi connectivity index (χ1) is 15.7. The van der Waals surface area contributed by atoms with E-state index in [9.17, 15) is 18.4 Å². The van der Waals surface area contributed by atoms with Crippen LogP contribution in [0.2, 0.25) is 5.02 Å². The fraction of sp³-hybridized carbons (Fsp3) is 0.130. The predicted octanol–water partition coefficient (Wildman–Crippen LogP) is 6.02. The molecule has 0 bridgehead atoms. The van der Waals surface area contributed by atoms with E-state index in [4.69, 9.17) is 16.3 Å². The Morgan fingerprint density at radius 3 is 2.48 bits per heavy atom. The molecule has 0 aliphatic heterocycles. The number of hydrogen-bond donors (Lipinski definition) is 1. The molecule has 4 rings (SSSR count). The van der Waals surface area contributed by atoms with Crippen molar-refractivity contribution in [3.8, 4) is 5.75 Å². The van der Waals surface area contributed by atoms with E-state index in [0.29, 0.717) is 26.9 Å². The minimum atomic E-state index is -0.761. The zero-order valence-corrected chi connectivity index (χ0v) is 19.2. The van der Waals surface area contributed by atoms with Crippen LogP contribution in [-0.2, 0) is 0 Å². The lowest BCUT2D eigenvalue weighted by Crippen LogP contribution is -2.16. The summed E-state index contributed by atoms with van der Waals surface area (Å²) >= 11 is 7.42. The summed E-state index contributed by atoms with van der Waals surface area (Å²) in [5.41, 5.74) is 1.46. The number of aromatic nitrogens is 2. The third kappa shape index (κ3) is 4.42. The molecule has 4 aromatic rings. The predicted molar refractivity (Wildman–Crippen MR) is 122 cm³/mol. The van der Waals surface area contributed by atoms with Gasteiger partial charge in [-0.1, -0.05) is 11.6 Å². The number of nitrogens with zero attached hydrogens (tertiary/aromatic N) is 2. The zero-order chi connectivity index (χ0) is 23.9. The summed E-state index contributed by atoms with van der Waals surface area (Å²) in [7, 11) is 0. The molecule has 0 aliphatic carbocycles. The number of esters is 1. The van der Waals surface area contributed by atoms with Crippen LogP contribution in [0, 0.1) is 32.4 Å². The van der Waals surface area contributed by atoms with Gasteiger partial charge in [-0.15, -0.1) is 11.3 Å². The molecule has 1 aromatic carbocycles. The zero-order valence-electron chi connectivity index (χ0n) is 17.6. The summed E-state index contributed by atoms with van der Waals surface area (Å²) in [4.78, 5) is 33.6. The van der Waals surface area contributed by atoms with E-state index in [1.165, 1.54) is 24.3 Å². The van der Waals surface area contributed by atoms with Crippen LogP contribution in [0.4, 0.5) is 14.6 Å². The molecule has 0 radical (unpaired) electrons. The van der Waals surface area contributed by atoms with Crippen LogP contribution < -0.4 is 10.1 Å². The summed E-state index contributed by atoms with van der Waals surface area (Å²) in [5, 5.41) is 3.55. The Hall–Kier alpha value is -3.43. The third-order valence-electron chi connectivity index (χ3n) is 5.03. The minimum Gasteiger partial charge on any atom is -0.420 e. The van der Waals surface area contributed by atoms with Crippen molar-refractivity contribution in [1.82, 2.24) is 9.97 Å². The second-order valence-corrected chi connectivity index (χ2v) is 8.65. The lowest BCUT2D eigenvalue weighted by atomic mass is 10.1. The number of anilines is 1. The van der Waals surface area contributed by atoms with Gasteiger partial charge in [-0.3, -0.25) is 4.79 Å². The number of aryl methyl sites for hydroxylation is 1. The molecule has 10 heteroatoms. The minimum absolute atomic E-state index is 0.0546. The third-order valence-corrected chi connectivity index (χ3v) is 6.68. The van der Waals surface area contributed by atoms with Crippen LogP contribution in [0.1, 0.15) is 37.0 Å². The van der Waals surface area contributed by atoms with Crippen LogP contribution in [-0.4, -0.2) is 21.8 Å². The summed E-state index contributed by atoms with van der Waals surface area (Å²) < 4.78 is 32.6. The molecule has 0 aliphatic rings. The first-order valence-electron chi connectivity index (χ1n) is 9.66. The van der Waals surface area contributed by atoms with Crippen molar-refractivity contribution in [3.63, 3.8) is 0 Å². The van der Waals surface area contributed by atoms with E-state index in [1.807, 2.05) is 0 Å². The second-order valence-electron chi connectivity index (χ2n) is 7.22. The monoisotopic (exact) mass is 487 g/mol. The van der Waals surface area contributed by atoms with Crippen molar-refractivity contribution in [2.24, 2.45) is 0 Å². The van der Waals surface area contributed by atoms with Gasteiger partial charge in [0.2, 0.25) is 0 Å². The first kappa shape index (κ1) is 22.8. The number of thiophene rings is 1. The Labute approximate surface area is 196 Å². The number of hydrogen-bond acceptors (Lipinski definition) is 6. The molecule has 1 amide bonds. The first-order valence-corrected chi connectivity index (χ1v) is 10.9. The SMILES string of the molecule is Cc1nc(NC(=O)c2sc3cc(F)ccc3c2Cl)c(C)c(C)c1OC(=O)c1ccc(F)cn1. The normalized spacial score (nSPS) is 11.0. The van der Waals surface area contributed by atoms with Gasteiger partial charge in [0.1, 0.15) is 28.0 Å². The van der Waals surface area contributed by atoms with Gasteiger partial charge in [0.15, 0.2) is 5.75 Å². The number of amides is 1. The van der Waals surface area contributed by atoms with E-state index in [1.54, 1.807) is 20.8 Å². The molecule has 0 fully saturated rings. The molecule has 0 saturated heterocycles. The molecule has 6 nitrogen and oxygen atoms in total. The highest BCUT2D eigenvalue weighted by molar-refractivity contribution is 7.21. The smallest absolute Gasteiger partial charge is 0.362 e. The number of nitrogens with one attached hydrogen (secondary N) is 1. The lowest BCUT2D eigenvalue weighted by Gasteiger charge is -2.15. The van der Waals surface area contributed by atoms with Gasteiger partial charge in [0.05, 0.1) is 16.9 Å². The van der Waals surface area contributed by atoms with Gasteiger partial charge < -0.3 is 10.1 Å². The number of carbonyl (C=O) groups excluding carboxylic acids is 2. The number of ether oxygens (including phenoxy) is 1. The number of pyridine rings is 2. The van der Waals surface area contributed by atoms with Crippen molar-refractivity contribution in [2.45, 2.75) is 20.8 Å². The fourth-order valence-electron chi connectivity index (χ4n) is 3.18. The summed E-state index contributed by atoms with van der Waals surface area (Å²) in [6.45, 7) is 5.06. The molecular formula is C23H16ClF2N3O3S. The second kappa shape index (κ2) is 8.84. The van der Waals surface area contributed by atoms with Crippen LogP contribution in [0.5, 0.6) is 5.75 Å². The Morgan fingerprint density at radius 1 is 1.06 bits per heavy atom. The van der Waals surface area contributed by atoms with Gasteiger partial charge in [0.25, 0.3) is 5.91 Å². The maximum Gasteiger partial charge on any atom is 0.362 e. The summed E-state index contributed by atoms with van der Waals surface area (Å²) in [6.07, 6.45) is 0.923. The van der Waals surface area contributed by atoms with Gasteiger partial charge in [0, 0.05) is 15.6 Å². The average molecular weight is 488 g/mol. The van der Waals surface area contributed by atoms with E-state index < -0.39 is 23.5 Å². The Morgan fingerprint density at radius 2 is 1.79 bits per heavy atom. The van der Waals surface area contributed by atoms with Crippen LogP contribution in [0.15, 0.2) is 36.5 Å². The quantitative estimate of drug-likeness (QED) is 0.356. The molecule has 168 valence electrons. The van der Waals surface area contributed by atoms with Crippen molar-refractivity contribution in [2.75, 3.05) is 5.32 Å². The molecular weight excluding hydrogens is 472 g/mol. The molecule has 0 spiro atoms.